The lowest BCUT2D eigenvalue weighted by Crippen LogP contribution is -2.07. The molecule has 2 aromatic carbocycles. The van der Waals surface area contributed by atoms with Gasteiger partial charge >= 0.3 is 10.1 Å². The van der Waals surface area contributed by atoms with E-state index in [1.54, 1.807) is 42.5 Å². The Morgan fingerprint density at radius 1 is 1.13 bits per heavy atom. The summed E-state index contributed by atoms with van der Waals surface area (Å²) in [4.78, 5) is 7.01. The molecule has 1 N–H and O–H groups in total. The Bertz CT molecular complexity index is 985. The van der Waals surface area contributed by atoms with Crippen LogP contribution >= 0.6 is 0 Å². The molecule has 0 fully saturated rings. The van der Waals surface area contributed by atoms with Gasteiger partial charge < -0.3 is 4.98 Å². The van der Waals surface area contributed by atoms with E-state index in [0.717, 1.165) is 0 Å². The van der Waals surface area contributed by atoms with Gasteiger partial charge in [-0.3, -0.25) is 4.28 Å². The third-order valence-electron chi connectivity index (χ3n) is 2.98. The van der Waals surface area contributed by atoms with E-state index in [1.165, 1.54) is 12.1 Å². The van der Waals surface area contributed by atoms with Gasteiger partial charge in [0.25, 0.3) is 0 Å². The van der Waals surface area contributed by atoms with E-state index in [2.05, 4.69) is 19.4 Å². The zero-order chi connectivity index (χ0) is 16.3. The molecule has 1 aromatic heterocycles. The zero-order valence-electron chi connectivity index (χ0n) is 11.7. The molecule has 0 radical (unpaired) electrons. The number of H-pyrrole nitrogens is 1. The van der Waals surface area contributed by atoms with Crippen molar-refractivity contribution in [2.75, 3.05) is 0 Å². The minimum absolute atomic E-state index is 0.0503. The standard InChI is InChI=1S/C15H10N4O3S/c16-10-14(15-17-12-8-4-5-9-13(12)18-15)19-22-23(20,21)11-6-2-1-3-7-11/h1-9H,(H,17,18)/b19-14+. The number of benzene rings is 2. The van der Waals surface area contributed by atoms with Crippen LogP contribution in [0.5, 0.6) is 0 Å². The van der Waals surface area contributed by atoms with Crippen LogP contribution in [0.25, 0.3) is 11.0 Å². The summed E-state index contributed by atoms with van der Waals surface area (Å²) in [5.41, 5.74) is 1.08. The van der Waals surface area contributed by atoms with Crippen LogP contribution in [0.2, 0.25) is 0 Å². The molecule has 0 saturated carbocycles. The van der Waals surface area contributed by atoms with Gasteiger partial charge in [0, 0.05) is 0 Å². The van der Waals surface area contributed by atoms with E-state index in [1.807, 2.05) is 6.07 Å². The highest BCUT2D eigenvalue weighted by Crippen LogP contribution is 2.14. The van der Waals surface area contributed by atoms with Crippen molar-refractivity contribution in [3.63, 3.8) is 0 Å². The number of nitriles is 1. The van der Waals surface area contributed by atoms with Crippen molar-refractivity contribution in [1.82, 2.24) is 9.97 Å². The molecule has 1 heterocycles. The van der Waals surface area contributed by atoms with Gasteiger partial charge in [0.1, 0.15) is 11.0 Å². The second kappa shape index (κ2) is 5.90. The number of para-hydroxylation sites is 2. The first kappa shape index (κ1) is 14.7. The topological polar surface area (TPSA) is 108 Å². The van der Waals surface area contributed by atoms with Crippen LogP contribution < -0.4 is 0 Å². The fraction of sp³-hybridized carbons (Fsp3) is 0. The molecule has 7 nitrogen and oxygen atoms in total. The molecule has 0 aliphatic heterocycles. The monoisotopic (exact) mass is 326 g/mol. The van der Waals surface area contributed by atoms with Gasteiger partial charge in [-0.2, -0.15) is 13.7 Å². The third kappa shape index (κ3) is 3.04. The minimum Gasteiger partial charge on any atom is -0.336 e. The summed E-state index contributed by atoms with van der Waals surface area (Å²) in [6, 6.07) is 16.5. The number of hydrogen-bond donors (Lipinski definition) is 1. The summed E-state index contributed by atoms with van der Waals surface area (Å²) in [5.74, 6) is 0.136. The fourth-order valence-corrected chi connectivity index (χ4v) is 2.65. The fourth-order valence-electron chi connectivity index (χ4n) is 1.90. The molecule has 0 unspecified atom stereocenters. The Morgan fingerprint density at radius 2 is 1.83 bits per heavy atom. The first-order valence-electron chi connectivity index (χ1n) is 6.52. The Labute approximate surface area is 132 Å². The summed E-state index contributed by atoms with van der Waals surface area (Å²) in [5, 5.41) is 12.6. The number of oxime groups is 1. The normalized spacial score (nSPS) is 12.0. The maximum Gasteiger partial charge on any atom is 0.358 e. The average molecular weight is 326 g/mol. The van der Waals surface area contributed by atoms with Crippen LogP contribution in [0, 0.1) is 11.3 Å². The first-order valence-corrected chi connectivity index (χ1v) is 7.93. The van der Waals surface area contributed by atoms with Crippen LogP contribution in [-0.2, 0) is 14.4 Å². The number of fused-ring (bicyclic) bond motifs is 1. The van der Waals surface area contributed by atoms with Gasteiger partial charge in [0.15, 0.2) is 5.82 Å². The number of rotatable bonds is 4. The van der Waals surface area contributed by atoms with Crippen molar-refractivity contribution in [1.29, 1.82) is 5.26 Å². The number of hydrogen-bond acceptors (Lipinski definition) is 6. The minimum atomic E-state index is -4.08. The van der Waals surface area contributed by atoms with Crippen LogP contribution in [-0.4, -0.2) is 24.1 Å². The highest BCUT2D eigenvalue weighted by molar-refractivity contribution is 7.86. The number of nitrogens with zero attached hydrogens (tertiary/aromatic N) is 3. The maximum atomic E-state index is 12.0. The Morgan fingerprint density at radius 3 is 2.52 bits per heavy atom. The largest absolute Gasteiger partial charge is 0.358 e. The van der Waals surface area contributed by atoms with Crippen molar-refractivity contribution in [2.45, 2.75) is 4.90 Å². The molecule has 3 aromatic rings. The summed E-state index contributed by atoms with van der Waals surface area (Å²) in [7, 11) is -4.08. The van der Waals surface area contributed by atoms with Crippen molar-refractivity contribution >= 4 is 26.9 Å². The van der Waals surface area contributed by atoms with Crippen molar-refractivity contribution in [2.24, 2.45) is 5.16 Å². The molecule has 0 spiro atoms. The summed E-state index contributed by atoms with van der Waals surface area (Å²) in [6.07, 6.45) is 0. The van der Waals surface area contributed by atoms with Crippen molar-refractivity contribution < 1.29 is 12.7 Å². The number of nitrogens with one attached hydrogen (secondary N) is 1. The van der Waals surface area contributed by atoms with Gasteiger partial charge in [-0.1, -0.05) is 30.3 Å². The van der Waals surface area contributed by atoms with Gasteiger partial charge in [-0.25, -0.2) is 4.98 Å². The highest BCUT2D eigenvalue weighted by Gasteiger charge is 2.17. The predicted octanol–water partition coefficient (Wildman–Crippen LogP) is 2.20. The molecular weight excluding hydrogens is 316 g/mol. The Kier molecular flexibility index (Phi) is 3.78. The predicted molar refractivity (Wildman–Crippen MR) is 83.0 cm³/mol. The smallest absolute Gasteiger partial charge is 0.336 e. The summed E-state index contributed by atoms with van der Waals surface area (Å²) in [6.45, 7) is 0. The van der Waals surface area contributed by atoms with Crippen molar-refractivity contribution in [3.8, 4) is 6.07 Å². The van der Waals surface area contributed by atoms with Gasteiger partial charge in [0.05, 0.1) is 11.0 Å². The Hall–Kier alpha value is -3.18. The van der Waals surface area contributed by atoms with E-state index in [-0.39, 0.29) is 16.4 Å². The quantitative estimate of drug-likeness (QED) is 0.584. The molecular formula is C15H10N4O3S. The van der Waals surface area contributed by atoms with E-state index in [4.69, 9.17) is 5.26 Å². The van der Waals surface area contributed by atoms with E-state index >= 15 is 0 Å². The molecule has 0 atom stereocenters. The van der Waals surface area contributed by atoms with Gasteiger partial charge in [-0.15, -0.1) is 0 Å². The average Bonchev–Trinajstić information content (AvgIpc) is 3.00. The Balaban J connectivity index is 1.92. The molecule has 114 valence electrons. The molecule has 0 aliphatic carbocycles. The molecule has 0 bridgehead atoms. The first-order chi connectivity index (χ1) is 11.1. The molecule has 0 amide bonds. The molecule has 23 heavy (non-hydrogen) atoms. The summed E-state index contributed by atoms with van der Waals surface area (Å²) < 4.78 is 28.6. The van der Waals surface area contributed by atoms with E-state index in [9.17, 15) is 8.42 Å². The molecule has 0 saturated heterocycles. The van der Waals surface area contributed by atoms with Crippen LogP contribution in [0.3, 0.4) is 0 Å². The lowest BCUT2D eigenvalue weighted by Gasteiger charge is -2.00. The molecule has 8 heteroatoms. The second-order valence-corrected chi connectivity index (χ2v) is 6.02. The zero-order valence-corrected chi connectivity index (χ0v) is 12.5. The molecule has 3 rings (SSSR count). The number of imidazole rings is 1. The van der Waals surface area contributed by atoms with Crippen LogP contribution in [0.1, 0.15) is 5.82 Å². The van der Waals surface area contributed by atoms with Gasteiger partial charge in [-0.05, 0) is 29.4 Å². The number of aromatic nitrogens is 2. The SMILES string of the molecule is N#C/C(=N\OS(=O)(=O)c1ccccc1)c1nc2ccccc2[nH]1. The lowest BCUT2D eigenvalue weighted by atomic mass is 10.3. The van der Waals surface area contributed by atoms with E-state index < -0.39 is 10.1 Å². The second-order valence-electron chi connectivity index (χ2n) is 4.50. The molecule has 0 aliphatic rings. The third-order valence-corrected chi connectivity index (χ3v) is 4.10. The maximum absolute atomic E-state index is 12.0. The summed E-state index contributed by atoms with van der Waals surface area (Å²) >= 11 is 0. The van der Waals surface area contributed by atoms with Crippen LogP contribution in [0.4, 0.5) is 0 Å². The highest BCUT2D eigenvalue weighted by atomic mass is 32.2. The lowest BCUT2D eigenvalue weighted by molar-refractivity contribution is 0.339. The number of aromatic amines is 1. The van der Waals surface area contributed by atoms with Crippen LogP contribution in [0.15, 0.2) is 64.6 Å². The van der Waals surface area contributed by atoms with Crippen molar-refractivity contribution in [3.05, 3.63) is 60.4 Å². The van der Waals surface area contributed by atoms with Gasteiger partial charge in [0.2, 0.25) is 5.71 Å². The van der Waals surface area contributed by atoms with E-state index in [0.29, 0.717) is 11.0 Å².